The number of benzene rings is 1. The molecule has 0 unspecified atom stereocenters. The quantitative estimate of drug-likeness (QED) is 0.388. The molecule has 0 bridgehead atoms. The Morgan fingerprint density at radius 2 is 2.11 bits per heavy atom. The molecule has 0 saturated carbocycles. The van der Waals surface area contributed by atoms with Crippen molar-refractivity contribution in [3.63, 3.8) is 0 Å². The van der Waals surface area contributed by atoms with Gasteiger partial charge in [-0.1, -0.05) is 48.0 Å². The van der Waals surface area contributed by atoms with Gasteiger partial charge in [0.25, 0.3) is 5.91 Å². The van der Waals surface area contributed by atoms with Crippen LogP contribution in [0.4, 0.5) is 0 Å². The molecule has 0 aliphatic heterocycles. The molecular formula is C15H13ClN2O. The highest BCUT2D eigenvalue weighted by Crippen LogP contribution is 2.13. The molecule has 3 nitrogen and oxygen atoms in total. The van der Waals surface area contributed by atoms with Gasteiger partial charge in [-0.25, -0.2) is 0 Å². The number of hydrogen-bond donors (Lipinski definition) is 1. The lowest BCUT2D eigenvalue weighted by molar-refractivity contribution is -0.116. The topological polar surface area (TPSA) is 52.9 Å². The number of rotatable bonds is 5. The minimum Gasteiger partial charge on any atom is -0.348 e. The normalized spacial score (nSPS) is 11.6. The third kappa shape index (κ3) is 5.24. The summed E-state index contributed by atoms with van der Waals surface area (Å²) in [6, 6.07) is 11.2. The highest BCUT2D eigenvalue weighted by Gasteiger charge is 2.07. The van der Waals surface area contributed by atoms with Crippen LogP contribution in [0.1, 0.15) is 5.56 Å². The molecule has 0 heterocycles. The van der Waals surface area contributed by atoms with Gasteiger partial charge in [0.05, 0.1) is 0 Å². The van der Waals surface area contributed by atoms with Crippen molar-refractivity contribution in [2.45, 2.75) is 0 Å². The molecule has 1 rings (SSSR count). The van der Waals surface area contributed by atoms with E-state index >= 15 is 0 Å². The van der Waals surface area contributed by atoms with Crippen molar-refractivity contribution in [1.29, 1.82) is 5.26 Å². The lowest BCUT2D eigenvalue weighted by Crippen LogP contribution is -2.24. The molecule has 0 saturated heterocycles. The summed E-state index contributed by atoms with van der Waals surface area (Å²) in [7, 11) is 0. The van der Waals surface area contributed by atoms with Gasteiger partial charge in [0.1, 0.15) is 11.6 Å². The molecule has 0 fully saturated rings. The lowest BCUT2D eigenvalue weighted by Gasteiger charge is -2.00. The minimum absolute atomic E-state index is 0.0426. The zero-order valence-electron chi connectivity index (χ0n) is 10.3. The molecule has 19 heavy (non-hydrogen) atoms. The largest absolute Gasteiger partial charge is 0.348 e. The number of hydrogen-bond acceptors (Lipinski definition) is 2. The maximum atomic E-state index is 11.6. The van der Waals surface area contributed by atoms with Crippen molar-refractivity contribution in [1.82, 2.24) is 5.32 Å². The van der Waals surface area contributed by atoms with Gasteiger partial charge >= 0.3 is 0 Å². The fourth-order valence-electron chi connectivity index (χ4n) is 1.30. The smallest absolute Gasteiger partial charge is 0.262 e. The molecular weight excluding hydrogens is 260 g/mol. The molecule has 96 valence electrons. The van der Waals surface area contributed by atoms with E-state index < -0.39 is 5.91 Å². The van der Waals surface area contributed by atoms with Crippen LogP contribution in [-0.4, -0.2) is 12.5 Å². The summed E-state index contributed by atoms with van der Waals surface area (Å²) in [4.78, 5) is 11.6. The Labute approximate surface area is 117 Å². The van der Waals surface area contributed by atoms with E-state index in [0.717, 1.165) is 5.56 Å². The number of halogens is 1. The van der Waals surface area contributed by atoms with E-state index in [2.05, 4.69) is 11.9 Å². The van der Waals surface area contributed by atoms with Crippen molar-refractivity contribution >= 4 is 23.6 Å². The van der Waals surface area contributed by atoms with Crippen LogP contribution in [0.5, 0.6) is 0 Å². The third-order valence-electron chi connectivity index (χ3n) is 2.16. The molecule has 0 spiro atoms. The second-order valence-corrected chi connectivity index (χ2v) is 4.04. The molecule has 0 aliphatic rings. The summed E-state index contributed by atoms with van der Waals surface area (Å²) in [5.74, 6) is -0.470. The van der Waals surface area contributed by atoms with Crippen molar-refractivity contribution in [2.24, 2.45) is 0 Å². The van der Waals surface area contributed by atoms with Crippen LogP contribution in [0, 0.1) is 11.3 Å². The van der Waals surface area contributed by atoms with Crippen LogP contribution in [0.25, 0.3) is 6.08 Å². The van der Waals surface area contributed by atoms with Gasteiger partial charge in [0, 0.05) is 11.6 Å². The predicted molar refractivity (Wildman–Crippen MR) is 77.2 cm³/mol. The van der Waals surface area contributed by atoms with Crippen LogP contribution >= 0.6 is 11.6 Å². The van der Waals surface area contributed by atoms with E-state index in [4.69, 9.17) is 16.9 Å². The van der Waals surface area contributed by atoms with Crippen molar-refractivity contribution in [3.8, 4) is 6.07 Å². The van der Waals surface area contributed by atoms with E-state index in [9.17, 15) is 4.79 Å². The Morgan fingerprint density at radius 1 is 1.42 bits per heavy atom. The summed E-state index contributed by atoms with van der Waals surface area (Å²) in [5.41, 5.74) is 0.853. The molecule has 1 amide bonds. The first-order chi connectivity index (χ1) is 9.17. The van der Waals surface area contributed by atoms with Crippen LogP contribution < -0.4 is 5.32 Å². The summed E-state index contributed by atoms with van der Waals surface area (Å²) < 4.78 is 0. The Bertz CT molecular complexity index is 553. The van der Waals surface area contributed by atoms with Gasteiger partial charge in [0.15, 0.2) is 0 Å². The van der Waals surface area contributed by atoms with Gasteiger partial charge in [-0.15, -0.1) is 6.58 Å². The van der Waals surface area contributed by atoms with Crippen LogP contribution in [0.3, 0.4) is 0 Å². The number of carbonyl (C=O) groups is 1. The molecule has 0 aromatic heterocycles. The average Bonchev–Trinajstić information content (AvgIpc) is 2.43. The van der Waals surface area contributed by atoms with Crippen molar-refractivity contribution in [3.05, 3.63) is 65.2 Å². The highest BCUT2D eigenvalue weighted by atomic mass is 35.5. The van der Waals surface area contributed by atoms with Crippen molar-refractivity contribution < 1.29 is 4.79 Å². The maximum absolute atomic E-state index is 11.6. The second kappa shape index (κ2) is 7.91. The number of amides is 1. The second-order valence-electron chi connectivity index (χ2n) is 3.61. The fourth-order valence-corrected chi connectivity index (χ4v) is 1.53. The third-order valence-corrected chi connectivity index (χ3v) is 2.38. The zero-order valence-corrected chi connectivity index (χ0v) is 11.0. The van der Waals surface area contributed by atoms with Crippen LogP contribution in [0.2, 0.25) is 0 Å². The number of carbonyl (C=O) groups excluding carboxylic acids is 1. The Kier molecular flexibility index (Phi) is 6.14. The standard InChI is InChI=1S/C15H13ClN2O/c1-2-8-18-15(19)13(11-17)10-14(16)9-12-6-4-3-5-7-12/h2-7,9-10H,1,8H2,(H,18,19)/b13-10+,14-9-. The Morgan fingerprint density at radius 3 is 2.68 bits per heavy atom. The van der Waals surface area contributed by atoms with Crippen LogP contribution in [0.15, 0.2) is 59.7 Å². The summed E-state index contributed by atoms with van der Waals surface area (Å²) in [6.07, 6.45) is 4.56. The van der Waals surface area contributed by atoms with E-state index in [-0.39, 0.29) is 5.57 Å². The number of nitriles is 1. The number of nitrogens with one attached hydrogen (secondary N) is 1. The lowest BCUT2D eigenvalue weighted by atomic mass is 10.2. The fraction of sp³-hybridized carbons (Fsp3) is 0.0667. The molecule has 1 N–H and O–H groups in total. The first-order valence-corrected chi connectivity index (χ1v) is 5.98. The average molecular weight is 273 g/mol. The van der Waals surface area contributed by atoms with Gasteiger partial charge in [-0.3, -0.25) is 4.79 Å². The van der Waals surface area contributed by atoms with E-state index in [1.807, 2.05) is 36.4 Å². The summed E-state index contributed by atoms with van der Waals surface area (Å²) >= 11 is 6.00. The van der Waals surface area contributed by atoms with Gasteiger partial charge < -0.3 is 5.32 Å². The van der Waals surface area contributed by atoms with Gasteiger partial charge in [0.2, 0.25) is 0 Å². The first kappa shape index (κ1) is 14.7. The molecule has 4 heteroatoms. The number of allylic oxidation sites excluding steroid dienone is 2. The van der Waals surface area contributed by atoms with E-state index in [0.29, 0.717) is 11.6 Å². The SMILES string of the molecule is C=CCNC(=O)/C(C#N)=C/C(Cl)=C/c1ccccc1. The monoisotopic (exact) mass is 272 g/mol. The molecule has 0 radical (unpaired) electrons. The predicted octanol–water partition coefficient (Wildman–Crippen LogP) is 3.02. The summed E-state index contributed by atoms with van der Waals surface area (Å²) in [6.45, 7) is 3.78. The molecule has 0 atom stereocenters. The Balaban J connectivity index is 2.86. The van der Waals surface area contributed by atoms with E-state index in [1.54, 1.807) is 6.08 Å². The van der Waals surface area contributed by atoms with Gasteiger partial charge in [-0.05, 0) is 17.7 Å². The van der Waals surface area contributed by atoms with Crippen molar-refractivity contribution in [2.75, 3.05) is 6.54 Å². The zero-order chi connectivity index (χ0) is 14.1. The molecule has 1 aromatic rings. The minimum atomic E-state index is -0.470. The van der Waals surface area contributed by atoms with Crippen LogP contribution in [-0.2, 0) is 4.79 Å². The van der Waals surface area contributed by atoms with Gasteiger partial charge in [-0.2, -0.15) is 5.26 Å². The maximum Gasteiger partial charge on any atom is 0.262 e. The molecule has 1 aromatic carbocycles. The number of nitrogens with zero attached hydrogens (tertiary/aromatic N) is 1. The highest BCUT2D eigenvalue weighted by molar-refractivity contribution is 6.33. The Hall–Kier alpha value is -2.31. The first-order valence-electron chi connectivity index (χ1n) is 5.60. The summed E-state index contributed by atoms with van der Waals surface area (Å²) in [5, 5.41) is 11.8. The molecule has 0 aliphatic carbocycles. The van der Waals surface area contributed by atoms with E-state index in [1.165, 1.54) is 12.2 Å².